The molecule has 0 amide bonds. The fraction of sp³-hybridized carbons (Fsp3) is 0.500. The van der Waals surface area contributed by atoms with Crippen LogP contribution in [0.2, 0.25) is 0 Å². The number of anilines is 2. The maximum atomic E-state index is 5.54. The molecule has 0 bridgehead atoms. The van der Waals surface area contributed by atoms with Crippen molar-refractivity contribution in [2.24, 2.45) is 5.92 Å². The number of ether oxygens (including phenoxy) is 3. The molecular weight excluding hydrogens is 454 g/mol. The van der Waals surface area contributed by atoms with Crippen molar-refractivity contribution >= 4 is 22.7 Å². The topological polar surface area (TPSA) is 80.8 Å². The summed E-state index contributed by atoms with van der Waals surface area (Å²) in [5, 5.41) is 8.27. The summed E-state index contributed by atoms with van der Waals surface area (Å²) in [5.41, 5.74) is 2.04. The monoisotopic (exact) mass is 493 g/mol. The normalized spacial score (nSPS) is 17.6. The second kappa shape index (κ2) is 12.1. The Morgan fingerprint density at radius 2 is 1.58 bits per heavy atom. The molecule has 3 aromatic rings. The summed E-state index contributed by atoms with van der Waals surface area (Å²) in [6, 6.07) is 12.5. The molecule has 1 aromatic heterocycles. The lowest BCUT2D eigenvalue weighted by Crippen LogP contribution is -2.28. The largest absolute Gasteiger partial charge is 0.496 e. The summed E-state index contributed by atoms with van der Waals surface area (Å²) in [7, 11) is 9.02. The Morgan fingerprint density at radius 3 is 2.28 bits per heavy atom. The van der Waals surface area contributed by atoms with Crippen LogP contribution in [-0.2, 0) is 6.54 Å². The Morgan fingerprint density at radius 1 is 0.889 bits per heavy atom. The van der Waals surface area contributed by atoms with Gasteiger partial charge in [0.05, 0.1) is 26.8 Å². The van der Waals surface area contributed by atoms with Crippen LogP contribution in [0.1, 0.15) is 37.7 Å². The van der Waals surface area contributed by atoms with E-state index in [-0.39, 0.29) is 0 Å². The minimum atomic E-state index is 0.418. The van der Waals surface area contributed by atoms with Crippen molar-refractivity contribution in [3.8, 4) is 17.2 Å². The van der Waals surface area contributed by atoms with Crippen molar-refractivity contribution < 1.29 is 14.2 Å². The third-order valence-electron chi connectivity index (χ3n) is 7.02. The molecular formula is C28H39N5O3. The van der Waals surface area contributed by atoms with E-state index in [0.29, 0.717) is 17.5 Å². The SMILES string of the molecule is COc1cc(OC)c(OC)cc1CNCCC1CCC(Nc2nc(N(C)C)c3ccccc3n2)CC1. The second-order valence-electron chi connectivity index (χ2n) is 9.63. The molecule has 2 aromatic carbocycles. The van der Waals surface area contributed by atoms with E-state index >= 15 is 0 Å². The van der Waals surface area contributed by atoms with Gasteiger partial charge < -0.3 is 29.7 Å². The molecule has 0 atom stereocenters. The summed E-state index contributed by atoms with van der Waals surface area (Å²) < 4.78 is 16.4. The van der Waals surface area contributed by atoms with Gasteiger partial charge in [0, 0.05) is 43.7 Å². The quantitative estimate of drug-likeness (QED) is 0.366. The molecule has 1 heterocycles. The van der Waals surface area contributed by atoms with Crippen LogP contribution in [0.4, 0.5) is 11.8 Å². The highest BCUT2D eigenvalue weighted by atomic mass is 16.5. The lowest BCUT2D eigenvalue weighted by atomic mass is 9.84. The van der Waals surface area contributed by atoms with Gasteiger partial charge in [0.1, 0.15) is 11.6 Å². The van der Waals surface area contributed by atoms with E-state index in [1.165, 1.54) is 19.3 Å². The Balaban J connectivity index is 1.25. The summed E-state index contributed by atoms with van der Waals surface area (Å²) in [6.45, 7) is 1.70. The first kappa shape index (κ1) is 25.8. The third-order valence-corrected chi connectivity index (χ3v) is 7.02. The first-order valence-corrected chi connectivity index (χ1v) is 12.7. The lowest BCUT2D eigenvalue weighted by Gasteiger charge is -2.29. The maximum Gasteiger partial charge on any atom is 0.225 e. The Kier molecular flexibility index (Phi) is 8.70. The molecule has 0 saturated heterocycles. The van der Waals surface area contributed by atoms with Gasteiger partial charge in [-0.3, -0.25) is 0 Å². The zero-order chi connectivity index (χ0) is 25.5. The van der Waals surface area contributed by atoms with Crippen molar-refractivity contribution in [3.05, 3.63) is 42.0 Å². The van der Waals surface area contributed by atoms with E-state index in [1.54, 1.807) is 21.3 Å². The summed E-state index contributed by atoms with van der Waals surface area (Å²) in [5.74, 6) is 4.61. The molecule has 36 heavy (non-hydrogen) atoms. The zero-order valence-corrected chi connectivity index (χ0v) is 22.1. The van der Waals surface area contributed by atoms with Crippen molar-refractivity contribution in [1.29, 1.82) is 0 Å². The zero-order valence-electron chi connectivity index (χ0n) is 22.1. The lowest BCUT2D eigenvalue weighted by molar-refractivity contribution is 0.315. The molecule has 1 aliphatic rings. The number of methoxy groups -OCH3 is 3. The number of nitrogens with zero attached hydrogens (tertiary/aromatic N) is 3. The number of benzene rings is 2. The molecule has 8 heteroatoms. The number of hydrogen-bond acceptors (Lipinski definition) is 8. The van der Waals surface area contributed by atoms with Crippen LogP contribution in [-0.4, -0.2) is 58.0 Å². The van der Waals surface area contributed by atoms with Gasteiger partial charge in [-0.25, -0.2) is 4.98 Å². The van der Waals surface area contributed by atoms with Gasteiger partial charge in [0.25, 0.3) is 0 Å². The third kappa shape index (κ3) is 6.10. The van der Waals surface area contributed by atoms with Gasteiger partial charge in [0.2, 0.25) is 5.95 Å². The Labute approximate surface area is 214 Å². The molecule has 0 unspecified atom stereocenters. The van der Waals surface area contributed by atoms with Crippen molar-refractivity contribution in [3.63, 3.8) is 0 Å². The van der Waals surface area contributed by atoms with Crippen LogP contribution in [0.5, 0.6) is 17.2 Å². The van der Waals surface area contributed by atoms with E-state index in [2.05, 4.69) is 27.7 Å². The van der Waals surface area contributed by atoms with E-state index in [1.807, 2.05) is 38.4 Å². The number of fused-ring (bicyclic) bond motifs is 1. The van der Waals surface area contributed by atoms with Gasteiger partial charge in [-0.2, -0.15) is 4.98 Å². The predicted octanol–water partition coefficient (Wildman–Crippen LogP) is 4.87. The molecule has 0 spiro atoms. The van der Waals surface area contributed by atoms with E-state index in [0.717, 1.165) is 65.8 Å². The molecule has 2 N–H and O–H groups in total. The van der Waals surface area contributed by atoms with Crippen molar-refractivity contribution in [2.45, 2.75) is 44.7 Å². The van der Waals surface area contributed by atoms with Gasteiger partial charge in [-0.15, -0.1) is 0 Å². The minimum Gasteiger partial charge on any atom is -0.496 e. The number of aromatic nitrogens is 2. The average molecular weight is 494 g/mol. The smallest absolute Gasteiger partial charge is 0.225 e. The first-order chi connectivity index (χ1) is 17.5. The second-order valence-corrected chi connectivity index (χ2v) is 9.63. The molecule has 4 rings (SSSR count). The van der Waals surface area contributed by atoms with E-state index < -0.39 is 0 Å². The number of nitrogens with one attached hydrogen (secondary N) is 2. The van der Waals surface area contributed by atoms with Gasteiger partial charge in [-0.05, 0) is 62.8 Å². The summed E-state index contributed by atoms with van der Waals surface area (Å²) >= 11 is 0. The Hall–Kier alpha value is -3.26. The van der Waals surface area contributed by atoms with Gasteiger partial charge in [-0.1, -0.05) is 12.1 Å². The van der Waals surface area contributed by atoms with Crippen LogP contribution in [0.3, 0.4) is 0 Å². The summed E-state index contributed by atoms with van der Waals surface area (Å²) in [4.78, 5) is 11.6. The van der Waals surface area contributed by atoms with Crippen LogP contribution in [0.25, 0.3) is 10.9 Å². The number of hydrogen-bond donors (Lipinski definition) is 2. The maximum absolute atomic E-state index is 5.54. The van der Waals surface area contributed by atoms with Gasteiger partial charge >= 0.3 is 0 Å². The summed E-state index contributed by atoms with van der Waals surface area (Å²) in [6.07, 6.45) is 5.88. The fourth-order valence-electron chi connectivity index (χ4n) is 5.00. The molecule has 0 radical (unpaired) electrons. The van der Waals surface area contributed by atoms with Crippen LogP contribution in [0, 0.1) is 5.92 Å². The Bertz CT molecular complexity index is 1150. The number of rotatable bonds is 11. The van der Waals surface area contributed by atoms with E-state index in [9.17, 15) is 0 Å². The molecule has 194 valence electrons. The van der Waals surface area contributed by atoms with Gasteiger partial charge in [0.15, 0.2) is 11.5 Å². The molecule has 0 aliphatic heterocycles. The molecule has 1 saturated carbocycles. The fourth-order valence-corrected chi connectivity index (χ4v) is 5.00. The highest BCUT2D eigenvalue weighted by molar-refractivity contribution is 5.90. The molecule has 1 aliphatic carbocycles. The highest BCUT2D eigenvalue weighted by Gasteiger charge is 2.22. The average Bonchev–Trinajstić information content (AvgIpc) is 2.91. The minimum absolute atomic E-state index is 0.418. The van der Waals surface area contributed by atoms with E-state index in [4.69, 9.17) is 24.2 Å². The van der Waals surface area contributed by atoms with Crippen LogP contribution >= 0.6 is 0 Å². The standard InChI is InChI=1S/C28H39N5O3/c1-33(2)27-22-8-6-7-9-23(22)31-28(32-27)30-21-12-10-19(11-13-21)14-15-29-18-20-16-25(35-4)26(36-5)17-24(20)34-3/h6-9,16-17,19,21,29H,10-15,18H2,1-5H3,(H,30,31,32). The van der Waals surface area contributed by atoms with Crippen LogP contribution < -0.4 is 29.7 Å². The molecule has 8 nitrogen and oxygen atoms in total. The number of para-hydroxylation sites is 1. The van der Waals surface area contributed by atoms with Crippen molar-refractivity contribution in [2.75, 3.05) is 52.2 Å². The predicted molar refractivity (Wildman–Crippen MR) is 146 cm³/mol. The van der Waals surface area contributed by atoms with Crippen molar-refractivity contribution in [1.82, 2.24) is 15.3 Å². The first-order valence-electron chi connectivity index (χ1n) is 12.7. The highest BCUT2D eigenvalue weighted by Crippen LogP contribution is 2.35. The van der Waals surface area contributed by atoms with Crippen LogP contribution in [0.15, 0.2) is 36.4 Å². The molecule has 1 fully saturated rings.